The van der Waals surface area contributed by atoms with Crippen LogP contribution >= 0.6 is 0 Å². The average Bonchev–Trinajstić information content (AvgIpc) is 2.83. The molecule has 0 radical (unpaired) electrons. The highest BCUT2D eigenvalue weighted by Crippen LogP contribution is 2.37. The van der Waals surface area contributed by atoms with Crippen LogP contribution in [0.3, 0.4) is 0 Å². The molecule has 1 aliphatic rings. The number of hydrogen-bond donors (Lipinski definition) is 1. The van der Waals surface area contributed by atoms with Crippen molar-refractivity contribution < 1.29 is 17.9 Å². The van der Waals surface area contributed by atoms with E-state index < -0.39 is 11.7 Å². The molecule has 0 spiro atoms. The van der Waals surface area contributed by atoms with Crippen molar-refractivity contribution >= 4 is 0 Å². The maximum Gasteiger partial charge on any atom is 0.416 e. The molecule has 0 amide bonds. The van der Waals surface area contributed by atoms with E-state index in [1.807, 2.05) is 0 Å². The Balaban J connectivity index is 2.13. The normalized spacial score (nSPS) is 23.5. The van der Waals surface area contributed by atoms with Gasteiger partial charge in [0.05, 0.1) is 11.7 Å². The first kappa shape index (κ1) is 16.3. The van der Waals surface area contributed by atoms with E-state index in [0.29, 0.717) is 12.2 Å². The molecule has 2 rings (SSSR count). The fraction of sp³-hybridized carbons (Fsp3) is 0.625. The molecule has 1 aromatic carbocycles. The Morgan fingerprint density at radius 1 is 1.24 bits per heavy atom. The van der Waals surface area contributed by atoms with Crippen LogP contribution in [-0.4, -0.2) is 18.7 Å². The van der Waals surface area contributed by atoms with Crippen LogP contribution in [0.5, 0.6) is 0 Å². The number of nitrogens with one attached hydrogen (secondary N) is 1. The molecule has 0 aromatic heterocycles. The third kappa shape index (κ3) is 4.45. The largest absolute Gasteiger partial charge is 0.416 e. The molecule has 118 valence electrons. The van der Waals surface area contributed by atoms with Gasteiger partial charge in [-0.15, -0.1) is 0 Å². The molecule has 1 saturated heterocycles. The van der Waals surface area contributed by atoms with Crippen LogP contribution in [-0.2, 0) is 10.9 Å². The molecule has 1 heterocycles. The molecule has 0 bridgehead atoms. The molecular formula is C16H22F3NO. The van der Waals surface area contributed by atoms with Crippen LogP contribution in [0, 0.1) is 5.92 Å². The van der Waals surface area contributed by atoms with Gasteiger partial charge < -0.3 is 10.1 Å². The van der Waals surface area contributed by atoms with Gasteiger partial charge in [0.25, 0.3) is 0 Å². The van der Waals surface area contributed by atoms with Crippen LogP contribution in [0.2, 0.25) is 0 Å². The van der Waals surface area contributed by atoms with Gasteiger partial charge in [-0.3, -0.25) is 0 Å². The summed E-state index contributed by atoms with van der Waals surface area (Å²) in [7, 11) is 0. The van der Waals surface area contributed by atoms with Gasteiger partial charge in [0.1, 0.15) is 0 Å². The Morgan fingerprint density at radius 3 is 2.57 bits per heavy atom. The Bertz CT molecular complexity index is 479. The second kappa shape index (κ2) is 5.97. The first-order chi connectivity index (χ1) is 9.67. The van der Waals surface area contributed by atoms with Crippen molar-refractivity contribution in [1.29, 1.82) is 0 Å². The number of halogens is 3. The zero-order chi connectivity index (χ0) is 15.7. The lowest BCUT2D eigenvalue weighted by atomic mass is 9.93. The molecule has 1 N–H and O–H groups in total. The highest BCUT2D eigenvalue weighted by atomic mass is 19.4. The highest BCUT2D eigenvalue weighted by Gasteiger charge is 2.34. The summed E-state index contributed by atoms with van der Waals surface area (Å²) in [5, 5.41) is 3.41. The van der Waals surface area contributed by atoms with E-state index in [0.717, 1.165) is 19.0 Å². The lowest BCUT2D eigenvalue weighted by Crippen LogP contribution is -2.39. The van der Waals surface area contributed by atoms with Crippen LogP contribution < -0.4 is 5.32 Å². The molecule has 21 heavy (non-hydrogen) atoms. The predicted molar refractivity (Wildman–Crippen MR) is 76.0 cm³/mol. The van der Waals surface area contributed by atoms with E-state index in [-0.39, 0.29) is 17.6 Å². The SMILES string of the molecule is CC(C)(C)NCC1CCOC1c1cccc(C(F)(F)F)c1. The van der Waals surface area contributed by atoms with Crippen molar-refractivity contribution in [2.24, 2.45) is 5.92 Å². The van der Waals surface area contributed by atoms with Gasteiger partial charge in [-0.1, -0.05) is 12.1 Å². The van der Waals surface area contributed by atoms with Crippen molar-refractivity contribution in [2.75, 3.05) is 13.2 Å². The van der Waals surface area contributed by atoms with Gasteiger partial charge in [-0.2, -0.15) is 13.2 Å². The first-order valence-corrected chi connectivity index (χ1v) is 7.20. The monoisotopic (exact) mass is 301 g/mol. The summed E-state index contributed by atoms with van der Waals surface area (Å²) >= 11 is 0. The summed E-state index contributed by atoms with van der Waals surface area (Å²) in [4.78, 5) is 0. The van der Waals surface area contributed by atoms with Gasteiger partial charge >= 0.3 is 6.18 Å². The lowest BCUT2D eigenvalue weighted by Gasteiger charge is -2.26. The fourth-order valence-corrected chi connectivity index (χ4v) is 2.54. The zero-order valence-corrected chi connectivity index (χ0v) is 12.6. The van der Waals surface area contributed by atoms with Crippen LogP contribution in [0.25, 0.3) is 0 Å². The van der Waals surface area contributed by atoms with Crippen molar-refractivity contribution in [3.8, 4) is 0 Å². The third-order valence-electron chi connectivity index (χ3n) is 3.65. The van der Waals surface area contributed by atoms with Gasteiger partial charge in [0.15, 0.2) is 0 Å². The van der Waals surface area contributed by atoms with Gasteiger partial charge in [0.2, 0.25) is 0 Å². The summed E-state index contributed by atoms with van der Waals surface area (Å²) in [6.45, 7) is 7.55. The van der Waals surface area contributed by atoms with Crippen molar-refractivity contribution in [3.63, 3.8) is 0 Å². The van der Waals surface area contributed by atoms with Gasteiger partial charge in [-0.05, 0) is 44.9 Å². The fourth-order valence-electron chi connectivity index (χ4n) is 2.54. The molecule has 1 aliphatic heterocycles. The van der Waals surface area contributed by atoms with Crippen LogP contribution in [0.4, 0.5) is 13.2 Å². The summed E-state index contributed by atoms with van der Waals surface area (Å²) in [6.07, 6.45) is -3.71. The zero-order valence-electron chi connectivity index (χ0n) is 12.6. The second-order valence-electron chi connectivity index (χ2n) is 6.59. The van der Waals surface area contributed by atoms with E-state index in [2.05, 4.69) is 26.1 Å². The summed E-state index contributed by atoms with van der Waals surface area (Å²) in [5.74, 6) is 0.202. The number of hydrogen-bond acceptors (Lipinski definition) is 2. The van der Waals surface area contributed by atoms with Crippen LogP contribution in [0.1, 0.15) is 44.4 Å². The van der Waals surface area contributed by atoms with Crippen molar-refractivity contribution in [2.45, 2.75) is 45.0 Å². The average molecular weight is 301 g/mol. The highest BCUT2D eigenvalue weighted by molar-refractivity contribution is 5.28. The molecule has 1 aromatic rings. The van der Waals surface area contributed by atoms with E-state index >= 15 is 0 Å². The Hall–Kier alpha value is -1.07. The Labute approximate surface area is 123 Å². The number of ether oxygens (including phenoxy) is 1. The molecule has 0 aliphatic carbocycles. The maximum absolute atomic E-state index is 12.8. The van der Waals surface area contributed by atoms with Crippen LogP contribution in [0.15, 0.2) is 24.3 Å². The molecular weight excluding hydrogens is 279 g/mol. The number of alkyl halides is 3. The third-order valence-corrected chi connectivity index (χ3v) is 3.65. The smallest absolute Gasteiger partial charge is 0.373 e. The summed E-state index contributed by atoms with van der Waals surface area (Å²) in [5.41, 5.74) is -0.0120. The summed E-state index contributed by atoms with van der Waals surface area (Å²) < 4.78 is 44.1. The molecule has 1 fully saturated rings. The first-order valence-electron chi connectivity index (χ1n) is 7.20. The molecule has 2 unspecified atom stereocenters. The minimum atomic E-state index is -4.31. The summed E-state index contributed by atoms with van der Waals surface area (Å²) in [6, 6.07) is 5.48. The van der Waals surface area contributed by atoms with E-state index in [4.69, 9.17) is 4.74 Å². The number of rotatable bonds is 3. The van der Waals surface area contributed by atoms with E-state index in [1.165, 1.54) is 12.1 Å². The topological polar surface area (TPSA) is 21.3 Å². The maximum atomic E-state index is 12.8. The standard InChI is InChI=1S/C16H22F3NO/c1-15(2,3)20-10-12-7-8-21-14(12)11-5-4-6-13(9-11)16(17,18)19/h4-6,9,12,14,20H,7-8,10H2,1-3H3. The quantitative estimate of drug-likeness (QED) is 0.904. The predicted octanol–water partition coefficient (Wildman–Crippen LogP) is 4.17. The Morgan fingerprint density at radius 2 is 1.95 bits per heavy atom. The lowest BCUT2D eigenvalue weighted by molar-refractivity contribution is -0.137. The Kier molecular flexibility index (Phi) is 4.63. The van der Waals surface area contributed by atoms with E-state index in [9.17, 15) is 13.2 Å². The molecule has 2 atom stereocenters. The van der Waals surface area contributed by atoms with Gasteiger partial charge in [0, 0.05) is 24.6 Å². The number of benzene rings is 1. The molecule has 2 nitrogen and oxygen atoms in total. The minimum Gasteiger partial charge on any atom is -0.373 e. The van der Waals surface area contributed by atoms with Crippen molar-refractivity contribution in [3.05, 3.63) is 35.4 Å². The molecule has 0 saturated carbocycles. The second-order valence-corrected chi connectivity index (χ2v) is 6.59. The van der Waals surface area contributed by atoms with Crippen molar-refractivity contribution in [1.82, 2.24) is 5.32 Å². The van der Waals surface area contributed by atoms with Gasteiger partial charge in [-0.25, -0.2) is 0 Å². The van der Waals surface area contributed by atoms with E-state index in [1.54, 1.807) is 6.07 Å². The molecule has 5 heteroatoms. The minimum absolute atomic E-state index is 0.0129.